The molecule has 3 nitrogen and oxygen atoms in total. The second-order valence-corrected chi connectivity index (χ2v) is 9.26. The number of hydrogen-bond acceptors (Lipinski definition) is 2. The molecule has 31 heavy (non-hydrogen) atoms. The minimum atomic E-state index is -4.61. The summed E-state index contributed by atoms with van der Waals surface area (Å²) >= 11 is 0. The van der Waals surface area contributed by atoms with E-state index in [1.165, 1.54) is 19.1 Å². The Morgan fingerprint density at radius 1 is 1.13 bits per heavy atom. The molecule has 0 saturated heterocycles. The van der Waals surface area contributed by atoms with Crippen molar-refractivity contribution < 1.29 is 27.8 Å². The molecule has 1 aromatic carbocycles. The third-order valence-corrected chi connectivity index (χ3v) is 5.82. The number of hydrogen-bond donors (Lipinski definition) is 1. The number of aliphatic carboxylic acids is 1. The van der Waals surface area contributed by atoms with Crippen LogP contribution in [0.15, 0.2) is 42.0 Å². The molecule has 170 valence electrons. The van der Waals surface area contributed by atoms with Crippen LogP contribution in [-0.2, 0) is 15.6 Å². The molecule has 0 heterocycles. The van der Waals surface area contributed by atoms with Gasteiger partial charge in [0.05, 0.1) is 12.2 Å². The molecule has 0 aromatic heterocycles. The first-order valence-corrected chi connectivity index (χ1v) is 10.4. The van der Waals surface area contributed by atoms with Gasteiger partial charge < -0.3 is 9.84 Å². The second kappa shape index (κ2) is 8.93. The fourth-order valence-corrected chi connectivity index (χ4v) is 3.96. The van der Waals surface area contributed by atoms with Crippen LogP contribution in [-0.4, -0.2) is 23.9 Å². The summed E-state index contributed by atoms with van der Waals surface area (Å²) in [6, 6.07) is 3.41. The molecule has 0 spiro atoms. The quantitative estimate of drug-likeness (QED) is 0.387. The lowest BCUT2D eigenvalue weighted by Crippen LogP contribution is -2.34. The van der Waals surface area contributed by atoms with Crippen LogP contribution < -0.4 is 4.74 Å². The van der Waals surface area contributed by atoms with Crippen molar-refractivity contribution in [2.75, 3.05) is 6.61 Å². The highest BCUT2D eigenvalue weighted by Crippen LogP contribution is 2.50. The van der Waals surface area contributed by atoms with E-state index in [1.807, 2.05) is 0 Å². The average molecular weight is 437 g/mol. The van der Waals surface area contributed by atoms with Gasteiger partial charge in [-0.05, 0) is 72.4 Å². The standard InChI is InChI=1S/C25H31F3O3/c1-7-31-21-15-20-19(23(3,4)11-12-24(20,5)6)14-17(21)18(25(26,27)28)10-8-9-16(2)13-22(29)30/h8-10,13-15H,7,11-12H2,1-6H3,(H,29,30)/b9-8+,16-13+,18-10-. The van der Waals surface area contributed by atoms with E-state index in [0.29, 0.717) is 5.57 Å². The molecule has 0 fully saturated rings. The zero-order valence-corrected chi connectivity index (χ0v) is 19.0. The van der Waals surface area contributed by atoms with Gasteiger partial charge in [0.2, 0.25) is 0 Å². The van der Waals surface area contributed by atoms with Crippen molar-refractivity contribution in [3.63, 3.8) is 0 Å². The predicted octanol–water partition coefficient (Wildman–Crippen LogP) is 6.97. The number of alkyl halides is 3. The van der Waals surface area contributed by atoms with Gasteiger partial charge in [-0.15, -0.1) is 0 Å². The smallest absolute Gasteiger partial charge is 0.417 e. The van der Waals surface area contributed by atoms with E-state index in [1.54, 1.807) is 19.1 Å². The van der Waals surface area contributed by atoms with Crippen molar-refractivity contribution in [1.29, 1.82) is 0 Å². The van der Waals surface area contributed by atoms with Crippen LogP contribution in [0.4, 0.5) is 13.2 Å². The number of halogens is 3. The van der Waals surface area contributed by atoms with Gasteiger partial charge in [0.1, 0.15) is 5.75 Å². The summed E-state index contributed by atoms with van der Waals surface area (Å²) in [6.45, 7) is 11.8. The summed E-state index contributed by atoms with van der Waals surface area (Å²) in [4.78, 5) is 10.7. The van der Waals surface area contributed by atoms with Crippen LogP contribution in [0.3, 0.4) is 0 Å². The third-order valence-electron chi connectivity index (χ3n) is 5.82. The number of rotatable bonds is 6. The number of allylic oxidation sites excluding steroid dienone is 5. The minimum Gasteiger partial charge on any atom is -0.493 e. The van der Waals surface area contributed by atoms with E-state index in [2.05, 4.69) is 27.7 Å². The molecule has 0 radical (unpaired) electrons. The highest BCUT2D eigenvalue weighted by Gasteiger charge is 2.41. The number of ether oxygens (including phenoxy) is 1. The molecule has 0 unspecified atom stereocenters. The number of carboxylic acids is 1. The number of fused-ring (bicyclic) bond motifs is 1. The molecule has 2 rings (SSSR count). The van der Waals surface area contributed by atoms with Gasteiger partial charge in [-0.1, -0.05) is 39.8 Å². The first-order chi connectivity index (χ1) is 14.2. The van der Waals surface area contributed by atoms with Gasteiger partial charge >= 0.3 is 12.1 Å². The lowest BCUT2D eigenvalue weighted by molar-refractivity contribution is -0.131. The number of benzene rings is 1. The van der Waals surface area contributed by atoms with Crippen molar-refractivity contribution >= 4 is 11.5 Å². The maximum Gasteiger partial charge on any atom is 0.417 e. The molecular weight excluding hydrogens is 405 g/mol. The molecule has 0 saturated carbocycles. The summed E-state index contributed by atoms with van der Waals surface area (Å²) in [7, 11) is 0. The Hall–Kier alpha value is -2.50. The monoisotopic (exact) mass is 436 g/mol. The SMILES string of the molecule is CCOc1cc2c(cc1/C(=C/C=C/C(C)=C/C(=O)O)C(F)(F)F)C(C)(C)CCC2(C)C. The fourth-order valence-electron chi connectivity index (χ4n) is 3.96. The zero-order valence-electron chi connectivity index (χ0n) is 19.0. The van der Waals surface area contributed by atoms with Gasteiger partial charge in [-0.3, -0.25) is 0 Å². The average Bonchev–Trinajstić information content (AvgIpc) is 2.61. The predicted molar refractivity (Wildman–Crippen MR) is 117 cm³/mol. The number of carboxylic acid groups (broad SMARTS) is 1. The van der Waals surface area contributed by atoms with Crippen LogP contribution >= 0.6 is 0 Å². The van der Waals surface area contributed by atoms with Gasteiger partial charge in [0.25, 0.3) is 0 Å². The van der Waals surface area contributed by atoms with E-state index in [9.17, 15) is 18.0 Å². The lowest BCUT2D eigenvalue weighted by Gasteiger charge is -2.42. The summed E-state index contributed by atoms with van der Waals surface area (Å²) < 4.78 is 47.9. The summed E-state index contributed by atoms with van der Waals surface area (Å²) in [6.07, 6.45) is 1.69. The van der Waals surface area contributed by atoms with E-state index in [-0.39, 0.29) is 28.7 Å². The number of carbonyl (C=O) groups is 1. The van der Waals surface area contributed by atoms with Gasteiger partial charge in [-0.25, -0.2) is 4.79 Å². The molecule has 0 atom stereocenters. The Morgan fingerprint density at radius 2 is 1.68 bits per heavy atom. The maximum atomic E-state index is 14.1. The van der Waals surface area contributed by atoms with Crippen molar-refractivity contribution in [2.45, 2.75) is 71.4 Å². The summed E-state index contributed by atoms with van der Waals surface area (Å²) in [5.74, 6) is -0.942. The molecule has 1 N–H and O–H groups in total. The van der Waals surface area contributed by atoms with Crippen LogP contribution in [0.5, 0.6) is 5.75 Å². The molecule has 6 heteroatoms. The van der Waals surface area contributed by atoms with Crippen molar-refractivity contribution in [3.05, 3.63) is 58.7 Å². The molecular formula is C25H31F3O3. The van der Waals surface area contributed by atoms with Gasteiger partial charge in [0, 0.05) is 11.6 Å². The van der Waals surface area contributed by atoms with E-state index >= 15 is 0 Å². The van der Waals surface area contributed by atoms with E-state index in [0.717, 1.165) is 36.1 Å². The lowest BCUT2D eigenvalue weighted by atomic mass is 9.62. The first-order valence-electron chi connectivity index (χ1n) is 10.4. The largest absolute Gasteiger partial charge is 0.493 e. The van der Waals surface area contributed by atoms with Crippen LogP contribution in [0.1, 0.15) is 71.1 Å². The third kappa shape index (κ3) is 5.81. The van der Waals surface area contributed by atoms with Crippen LogP contribution in [0, 0.1) is 0 Å². The normalized spacial score (nSPS) is 18.7. The van der Waals surface area contributed by atoms with E-state index < -0.39 is 17.7 Å². The van der Waals surface area contributed by atoms with Crippen LogP contribution in [0.25, 0.3) is 5.57 Å². The van der Waals surface area contributed by atoms with Crippen molar-refractivity contribution in [3.8, 4) is 5.75 Å². The molecule has 1 aliphatic rings. The van der Waals surface area contributed by atoms with Gasteiger partial charge in [0.15, 0.2) is 0 Å². The Morgan fingerprint density at radius 3 is 2.16 bits per heavy atom. The topological polar surface area (TPSA) is 46.5 Å². The Kier molecular flexibility index (Phi) is 7.14. The summed E-state index contributed by atoms with van der Waals surface area (Å²) in [5, 5.41) is 8.78. The minimum absolute atomic E-state index is 0.00314. The molecule has 0 bridgehead atoms. The molecule has 1 aliphatic carbocycles. The fraction of sp³-hybridized carbons (Fsp3) is 0.480. The Labute approximate surface area is 182 Å². The zero-order chi connectivity index (χ0) is 23.6. The molecule has 0 amide bonds. The Balaban J connectivity index is 2.72. The molecule has 0 aliphatic heterocycles. The maximum absolute atomic E-state index is 14.1. The summed E-state index contributed by atoms with van der Waals surface area (Å²) in [5.41, 5.74) is 1.04. The van der Waals surface area contributed by atoms with Crippen molar-refractivity contribution in [2.24, 2.45) is 0 Å². The van der Waals surface area contributed by atoms with Crippen molar-refractivity contribution in [1.82, 2.24) is 0 Å². The second-order valence-electron chi connectivity index (χ2n) is 9.26. The highest BCUT2D eigenvalue weighted by molar-refractivity contribution is 5.81. The molecule has 1 aromatic rings. The van der Waals surface area contributed by atoms with E-state index in [4.69, 9.17) is 9.84 Å². The highest BCUT2D eigenvalue weighted by atomic mass is 19.4. The van der Waals surface area contributed by atoms with Crippen LogP contribution in [0.2, 0.25) is 0 Å². The van der Waals surface area contributed by atoms with Gasteiger partial charge in [-0.2, -0.15) is 13.2 Å². The Bertz CT molecular complexity index is 932. The first kappa shape index (κ1) is 24.8.